The Morgan fingerprint density at radius 3 is 2.17 bits per heavy atom. The highest BCUT2D eigenvalue weighted by Gasteiger charge is 2.30. The molecule has 8 heteroatoms. The second-order valence-corrected chi connectivity index (χ2v) is 6.93. The highest BCUT2D eigenvalue weighted by molar-refractivity contribution is 5.85. The molecule has 0 unspecified atom stereocenters. The zero-order chi connectivity index (χ0) is 21.7. The van der Waals surface area contributed by atoms with Gasteiger partial charge in [-0.3, -0.25) is 9.63 Å². The van der Waals surface area contributed by atoms with E-state index in [1.807, 2.05) is 48.5 Å². The van der Waals surface area contributed by atoms with Crippen LogP contribution in [0.1, 0.15) is 30.4 Å². The fraction of sp³-hybridized carbons (Fsp3) is 0.318. The first kappa shape index (κ1) is 21.3. The third-order valence-electron chi connectivity index (χ3n) is 5.03. The molecule has 0 aromatic heterocycles. The standard InChI is InChI=1S/C22H24N2O6/c1-3-19(21(27)24(2)30-13-20(25)26)23-22(28)29-12-18-16-10-6-4-8-14(16)15-9-5-7-11-17(15)18/h4-11,18-19H,3,12-13H2,1-2H3,(H,23,28)(H,25,26)/t19-/m1/s1. The fourth-order valence-electron chi connectivity index (χ4n) is 3.56. The van der Waals surface area contributed by atoms with E-state index in [0.717, 1.165) is 27.3 Å². The molecule has 2 amide bonds. The van der Waals surface area contributed by atoms with Gasteiger partial charge in [-0.05, 0) is 28.7 Å². The molecule has 3 rings (SSSR count). The van der Waals surface area contributed by atoms with Gasteiger partial charge in [0, 0.05) is 13.0 Å². The molecule has 2 aromatic rings. The van der Waals surface area contributed by atoms with Crippen LogP contribution in [0.2, 0.25) is 0 Å². The number of hydrogen-bond donors (Lipinski definition) is 2. The minimum atomic E-state index is -1.20. The van der Waals surface area contributed by atoms with E-state index in [0.29, 0.717) is 6.42 Å². The molecule has 8 nitrogen and oxygen atoms in total. The molecule has 30 heavy (non-hydrogen) atoms. The molecule has 0 aliphatic heterocycles. The van der Waals surface area contributed by atoms with Gasteiger partial charge in [0.2, 0.25) is 0 Å². The van der Waals surface area contributed by atoms with Crippen LogP contribution in [0, 0.1) is 0 Å². The maximum Gasteiger partial charge on any atom is 0.407 e. The zero-order valence-electron chi connectivity index (χ0n) is 16.8. The summed E-state index contributed by atoms with van der Waals surface area (Å²) in [7, 11) is 1.30. The lowest BCUT2D eigenvalue weighted by molar-refractivity contribution is -0.187. The number of amides is 2. The van der Waals surface area contributed by atoms with Gasteiger partial charge in [0.25, 0.3) is 5.91 Å². The van der Waals surface area contributed by atoms with E-state index in [2.05, 4.69) is 5.32 Å². The number of hydrogen-bond acceptors (Lipinski definition) is 5. The van der Waals surface area contributed by atoms with Crippen LogP contribution in [0.5, 0.6) is 0 Å². The van der Waals surface area contributed by atoms with E-state index < -0.39 is 30.6 Å². The van der Waals surface area contributed by atoms with Crippen molar-refractivity contribution in [2.75, 3.05) is 20.3 Å². The molecule has 0 saturated carbocycles. The first-order valence-corrected chi connectivity index (χ1v) is 9.66. The number of likely N-dealkylation sites (N-methyl/N-ethyl adjacent to an activating group) is 1. The molecule has 1 aliphatic rings. The number of alkyl carbamates (subject to hydrolysis) is 1. The third kappa shape index (κ3) is 4.60. The number of nitrogens with one attached hydrogen (secondary N) is 1. The first-order chi connectivity index (χ1) is 14.4. The molecule has 0 saturated heterocycles. The lowest BCUT2D eigenvalue weighted by atomic mass is 9.98. The maximum atomic E-state index is 12.3. The van der Waals surface area contributed by atoms with Gasteiger partial charge in [-0.2, -0.15) is 0 Å². The second kappa shape index (κ2) is 9.41. The molecule has 1 atom stereocenters. The summed E-state index contributed by atoms with van der Waals surface area (Å²) in [6, 6.07) is 15.1. The summed E-state index contributed by atoms with van der Waals surface area (Å²) in [5, 5.41) is 12.0. The van der Waals surface area contributed by atoms with Crippen LogP contribution in [0.4, 0.5) is 4.79 Å². The van der Waals surface area contributed by atoms with Crippen molar-refractivity contribution in [2.24, 2.45) is 0 Å². The van der Waals surface area contributed by atoms with Crippen LogP contribution in [0.3, 0.4) is 0 Å². The van der Waals surface area contributed by atoms with Gasteiger partial charge in [0.05, 0.1) is 0 Å². The average Bonchev–Trinajstić information content (AvgIpc) is 3.07. The Balaban J connectivity index is 1.61. The summed E-state index contributed by atoms with van der Waals surface area (Å²) in [5.41, 5.74) is 4.44. The van der Waals surface area contributed by atoms with Gasteiger partial charge in [0.15, 0.2) is 6.61 Å². The van der Waals surface area contributed by atoms with E-state index in [1.165, 1.54) is 7.05 Å². The number of carboxylic acids is 1. The van der Waals surface area contributed by atoms with Crippen LogP contribution in [-0.4, -0.2) is 54.4 Å². The van der Waals surface area contributed by atoms with Gasteiger partial charge >= 0.3 is 12.1 Å². The van der Waals surface area contributed by atoms with E-state index >= 15 is 0 Å². The number of aliphatic carboxylic acids is 1. The minimum absolute atomic E-state index is 0.0829. The Bertz CT molecular complexity index is 899. The predicted molar refractivity (Wildman–Crippen MR) is 109 cm³/mol. The van der Waals surface area contributed by atoms with Crippen LogP contribution >= 0.6 is 0 Å². The van der Waals surface area contributed by atoms with E-state index in [9.17, 15) is 14.4 Å². The highest BCUT2D eigenvalue weighted by atomic mass is 16.7. The van der Waals surface area contributed by atoms with E-state index in [1.54, 1.807) is 6.92 Å². The summed E-state index contributed by atoms with van der Waals surface area (Å²) >= 11 is 0. The second-order valence-electron chi connectivity index (χ2n) is 6.93. The van der Waals surface area contributed by atoms with Crippen LogP contribution < -0.4 is 5.32 Å². The first-order valence-electron chi connectivity index (χ1n) is 9.66. The van der Waals surface area contributed by atoms with Crippen molar-refractivity contribution >= 4 is 18.0 Å². The molecule has 2 N–H and O–H groups in total. The molecular formula is C22H24N2O6. The Morgan fingerprint density at radius 1 is 1.07 bits per heavy atom. The Morgan fingerprint density at radius 2 is 1.63 bits per heavy atom. The van der Waals surface area contributed by atoms with Crippen molar-refractivity contribution in [3.63, 3.8) is 0 Å². The molecule has 2 aromatic carbocycles. The summed E-state index contributed by atoms with van der Waals surface area (Å²) in [6.45, 7) is 1.21. The molecule has 0 heterocycles. The number of nitrogens with zero attached hydrogens (tertiary/aromatic N) is 1. The third-order valence-corrected chi connectivity index (χ3v) is 5.03. The molecular weight excluding hydrogens is 388 g/mol. The lowest BCUT2D eigenvalue weighted by Gasteiger charge is -2.22. The smallest absolute Gasteiger partial charge is 0.407 e. The Kier molecular flexibility index (Phi) is 6.68. The number of hydroxylamine groups is 2. The van der Waals surface area contributed by atoms with Gasteiger partial charge in [-0.25, -0.2) is 14.7 Å². The molecule has 1 aliphatic carbocycles. The lowest BCUT2D eigenvalue weighted by Crippen LogP contribution is -2.47. The molecule has 0 bridgehead atoms. The normalized spacial score (nSPS) is 13.1. The van der Waals surface area contributed by atoms with Crippen LogP contribution in [0.15, 0.2) is 48.5 Å². The average molecular weight is 412 g/mol. The van der Waals surface area contributed by atoms with Gasteiger partial charge in [-0.15, -0.1) is 0 Å². The fourth-order valence-corrected chi connectivity index (χ4v) is 3.56. The Hall–Kier alpha value is -3.39. The van der Waals surface area contributed by atoms with Crippen molar-refractivity contribution in [2.45, 2.75) is 25.3 Å². The molecule has 158 valence electrons. The number of benzene rings is 2. The van der Waals surface area contributed by atoms with Crippen molar-refractivity contribution < 1.29 is 29.1 Å². The summed E-state index contributed by atoms with van der Waals surface area (Å²) in [6.07, 6.45) is -0.423. The SMILES string of the molecule is CC[C@@H](NC(=O)OCC1c2ccccc2-c2ccccc21)C(=O)N(C)OCC(=O)O. The topological polar surface area (TPSA) is 105 Å². The quantitative estimate of drug-likeness (QED) is 0.646. The van der Waals surface area contributed by atoms with E-state index in [4.69, 9.17) is 14.7 Å². The maximum absolute atomic E-state index is 12.3. The number of carbonyl (C=O) groups is 3. The number of rotatable bonds is 8. The molecule has 0 radical (unpaired) electrons. The highest BCUT2D eigenvalue weighted by Crippen LogP contribution is 2.44. The van der Waals surface area contributed by atoms with Crippen molar-refractivity contribution in [3.05, 3.63) is 59.7 Å². The van der Waals surface area contributed by atoms with Gasteiger partial charge in [0.1, 0.15) is 12.6 Å². The largest absolute Gasteiger partial charge is 0.479 e. The predicted octanol–water partition coefficient (Wildman–Crippen LogP) is 2.78. The minimum Gasteiger partial charge on any atom is -0.479 e. The zero-order valence-corrected chi connectivity index (χ0v) is 16.8. The van der Waals surface area contributed by atoms with E-state index in [-0.39, 0.29) is 12.5 Å². The molecule has 0 fully saturated rings. The van der Waals surface area contributed by atoms with Crippen LogP contribution in [-0.2, 0) is 19.2 Å². The van der Waals surface area contributed by atoms with Crippen molar-refractivity contribution in [1.82, 2.24) is 10.4 Å². The number of carboxylic acid groups (broad SMARTS) is 1. The van der Waals surface area contributed by atoms with Gasteiger partial charge < -0.3 is 15.2 Å². The number of fused-ring (bicyclic) bond motifs is 3. The summed E-state index contributed by atoms with van der Waals surface area (Å²) in [5.74, 6) is -1.85. The number of carbonyl (C=O) groups excluding carboxylic acids is 2. The van der Waals surface area contributed by atoms with Gasteiger partial charge in [-0.1, -0.05) is 55.5 Å². The monoisotopic (exact) mass is 412 g/mol. The number of ether oxygens (including phenoxy) is 1. The Labute approximate surface area is 174 Å². The summed E-state index contributed by atoms with van der Waals surface area (Å²) < 4.78 is 5.44. The van der Waals surface area contributed by atoms with Crippen molar-refractivity contribution in [1.29, 1.82) is 0 Å². The molecule has 0 spiro atoms. The summed E-state index contributed by atoms with van der Waals surface area (Å²) in [4.78, 5) is 40.1. The van der Waals surface area contributed by atoms with Crippen LogP contribution in [0.25, 0.3) is 11.1 Å². The van der Waals surface area contributed by atoms with Crippen molar-refractivity contribution in [3.8, 4) is 11.1 Å².